The van der Waals surface area contributed by atoms with Gasteiger partial charge in [-0.15, -0.1) is 23.5 Å². The number of piperazine rings is 1. The van der Waals surface area contributed by atoms with Crippen LogP contribution in [0.25, 0.3) is 10.9 Å². The van der Waals surface area contributed by atoms with Crippen LogP contribution >= 0.6 is 35.3 Å². The van der Waals surface area contributed by atoms with E-state index in [-0.39, 0.29) is 34.0 Å². The van der Waals surface area contributed by atoms with E-state index in [2.05, 4.69) is 5.10 Å². The zero-order valence-corrected chi connectivity index (χ0v) is 26.0. The predicted molar refractivity (Wildman–Crippen MR) is 169 cm³/mol. The summed E-state index contributed by atoms with van der Waals surface area (Å²) in [5.41, 5.74) is 1.59. The molecule has 44 heavy (non-hydrogen) atoms. The lowest BCUT2D eigenvalue weighted by molar-refractivity contribution is -0.156. The van der Waals surface area contributed by atoms with Gasteiger partial charge >= 0.3 is 11.9 Å². The second kappa shape index (κ2) is 12.3. The fraction of sp³-hybridized carbons (Fsp3) is 0.464. The first-order valence-corrected chi connectivity index (χ1v) is 17.0. The van der Waals surface area contributed by atoms with Crippen molar-refractivity contribution in [2.75, 3.05) is 42.6 Å². The largest absolute Gasteiger partial charge is 0.477 e. The number of benzene rings is 1. The van der Waals surface area contributed by atoms with Gasteiger partial charge in [0.15, 0.2) is 5.70 Å². The molecule has 0 spiro atoms. The highest BCUT2D eigenvalue weighted by molar-refractivity contribution is 8.23. The molecule has 4 aliphatic rings. The zero-order chi connectivity index (χ0) is 31.3. The number of hydrazone groups is 1. The summed E-state index contributed by atoms with van der Waals surface area (Å²) in [6.07, 6.45) is 2.29. The van der Waals surface area contributed by atoms with Crippen LogP contribution in [0.15, 0.2) is 38.2 Å². The number of fused-ring (bicyclic) bond motifs is 2. The number of rotatable bonds is 11. The van der Waals surface area contributed by atoms with Gasteiger partial charge in [0.05, 0.1) is 46.1 Å². The van der Waals surface area contributed by atoms with Crippen molar-refractivity contribution in [3.63, 3.8) is 0 Å². The van der Waals surface area contributed by atoms with Crippen LogP contribution in [0.2, 0.25) is 0 Å². The molecule has 3 aliphatic heterocycles. The number of carbonyl (C=O) groups is 3. The molecule has 1 aromatic carbocycles. The Labute approximate surface area is 263 Å². The van der Waals surface area contributed by atoms with Crippen LogP contribution in [0.4, 0.5) is 10.1 Å². The maximum atomic E-state index is 15.2. The third kappa shape index (κ3) is 5.68. The first-order chi connectivity index (χ1) is 21.1. The Morgan fingerprint density at radius 2 is 1.86 bits per heavy atom. The Kier molecular flexibility index (Phi) is 8.60. The minimum Gasteiger partial charge on any atom is -0.477 e. The normalized spacial score (nSPS) is 22.6. The van der Waals surface area contributed by atoms with Crippen LogP contribution in [0.5, 0.6) is 0 Å². The average molecular weight is 664 g/mol. The highest BCUT2D eigenvalue weighted by Gasteiger charge is 2.57. The fourth-order valence-electron chi connectivity index (χ4n) is 5.65. The van der Waals surface area contributed by atoms with Gasteiger partial charge in [0, 0.05) is 42.2 Å². The topological polar surface area (TPSA) is 156 Å². The minimum absolute atomic E-state index is 0.00729. The number of carboxylic acid groups (broad SMARTS) is 2. The molecule has 3 fully saturated rings. The fourth-order valence-corrected chi connectivity index (χ4v) is 9.32. The van der Waals surface area contributed by atoms with E-state index in [0.717, 1.165) is 18.9 Å². The van der Waals surface area contributed by atoms with Gasteiger partial charge in [-0.1, -0.05) is 11.8 Å². The molecule has 0 unspecified atom stereocenters. The molecule has 3 N–H and O–H groups in total. The van der Waals surface area contributed by atoms with Crippen molar-refractivity contribution >= 4 is 75.3 Å². The Morgan fingerprint density at radius 3 is 2.50 bits per heavy atom. The molecule has 4 heterocycles. The Hall–Kier alpha value is -3.21. The maximum absolute atomic E-state index is 15.2. The number of thioether (sulfide) groups is 3. The summed E-state index contributed by atoms with van der Waals surface area (Å²) in [6, 6.07) is 2.91. The maximum Gasteiger partial charge on any atom is 0.354 e. The van der Waals surface area contributed by atoms with E-state index in [1.807, 2.05) is 9.91 Å². The van der Waals surface area contributed by atoms with Crippen LogP contribution in [0.3, 0.4) is 0 Å². The van der Waals surface area contributed by atoms with E-state index in [9.17, 15) is 34.5 Å². The van der Waals surface area contributed by atoms with E-state index in [0.29, 0.717) is 53.1 Å². The number of pyridine rings is 1. The lowest BCUT2D eigenvalue weighted by atomic mass is 9.92. The predicted octanol–water partition coefficient (Wildman–Crippen LogP) is 2.87. The van der Waals surface area contributed by atoms with Gasteiger partial charge in [0.2, 0.25) is 11.3 Å². The van der Waals surface area contributed by atoms with Crippen LogP contribution in [0, 0.1) is 11.7 Å². The summed E-state index contributed by atoms with van der Waals surface area (Å²) < 4.78 is 17.6. The number of aliphatic carboxylic acids is 1. The van der Waals surface area contributed by atoms with E-state index < -0.39 is 35.2 Å². The smallest absolute Gasteiger partial charge is 0.354 e. The summed E-state index contributed by atoms with van der Waals surface area (Å²) in [7, 11) is 0. The van der Waals surface area contributed by atoms with Gasteiger partial charge in [-0.3, -0.25) is 19.5 Å². The number of nitrogens with zero attached hydrogens (tertiary/aromatic N) is 5. The van der Waals surface area contributed by atoms with Crippen LogP contribution in [-0.4, -0.2) is 102 Å². The van der Waals surface area contributed by atoms with Crippen molar-refractivity contribution in [2.24, 2.45) is 11.0 Å². The molecule has 0 radical (unpaired) electrons. The Balaban J connectivity index is 1.02. The quantitative estimate of drug-likeness (QED) is 0.140. The van der Waals surface area contributed by atoms with Gasteiger partial charge in [-0.05, 0) is 31.9 Å². The number of aliphatic hydroxyl groups excluding tert-OH is 1. The molecule has 12 nitrogen and oxygen atoms in total. The third-order valence-corrected chi connectivity index (χ3v) is 11.7. The summed E-state index contributed by atoms with van der Waals surface area (Å²) in [5.74, 6) is -2.72. The number of aliphatic hydroxyl groups is 1. The first-order valence-electron chi connectivity index (χ1n) is 14.1. The number of anilines is 1. The molecule has 6 rings (SSSR count). The number of aromatic carboxylic acids is 1. The summed E-state index contributed by atoms with van der Waals surface area (Å²) in [4.78, 5) is 51.6. The minimum atomic E-state index is -1.32. The molecule has 234 valence electrons. The first kappa shape index (κ1) is 30.8. The highest BCUT2D eigenvalue weighted by Crippen LogP contribution is 2.53. The molecule has 2 aromatic rings. The SMILES string of the molecule is C[C@@H](O)[C@@H]1C(=O)N2C(C(=O)O)=C(SCCSC=NN3CCN(c4cc5c(cc4F)c(=O)c(C(=O)O)cn5C4CC4)CC3)S[C@H]12. The number of hydrogen-bond acceptors (Lipinski definition) is 11. The van der Waals surface area contributed by atoms with E-state index in [1.54, 1.807) is 16.2 Å². The van der Waals surface area contributed by atoms with E-state index >= 15 is 4.39 Å². The number of aromatic nitrogens is 1. The Morgan fingerprint density at radius 1 is 1.14 bits per heavy atom. The van der Waals surface area contributed by atoms with Crippen molar-refractivity contribution < 1.29 is 34.1 Å². The molecule has 1 amide bonds. The molecule has 1 aromatic heterocycles. The number of halogens is 1. The monoisotopic (exact) mass is 663 g/mol. The van der Waals surface area contributed by atoms with Gasteiger partial charge in [0.1, 0.15) is 16.8 Å². The molecule has 2 saturated heterocycles. The summed E-state index contributed by atoms with van der Waals surface area (Å²) >= 11 is 4.17. The molecule has 16 heteroatoms. The molecule has 1 aliphatic carbocycles. The second-order valence-electron chi connectivity index (χ2n) is 10.9. The molecular weight excluding hydrogens is 634 g/mol. The van der Waals surface area contributed by atoms with Crippen molar-refractivity contribution in [3.8, 4) is 0 Å². The second-order valence-corrected chi connectivity index (χ2v) is 14.4. The zero-order valence-electron chi connectivity index (χ0n) is 23.6. The number of β-lactam (4-membered cyclic amide) rings is 1. The summed E-state index contributed by atoms with van der Waals surface area (Å²) in [6.45, 7) is 3.66. The van der Waals surface area contributed by atoms with Gasteiger partial charge < -0.3 is 24.8 Å². The third-order valence-electron chi connectivity index (χ3n) is 8.06. The van der Waals surface area contributed by atoms with Crippen LogP contribution < -0.4 is 10.3 Å². The van der Waals surface area contributed by atoms with Crippen LogP contribution in [0.1, 0.15) is 36.2 Å². The number of hydrogen-bond donors (Lipinski definition) is 3. The van der Waals surface area contributed by atoms with E-state index in [1.165, 1.54) is 53.3 Å². The molecule has 0 bridgehead atoms. The van der Waals surface area contributed by atoms with Gasteiger partial charge in [-0.25, -0.2) is 14.0 Å². The molecule has 3 atom stereocenters. The number of amides is 1. The van der Waals surface area contributed by atoms with Crippen molar-refractivity contribution in [3.05, 3.63) is 49.9 Å². The lowest BCUT2D eigenvalue weighted by Crippen LogP contribution is -2.60. The van der Waals surface area contributed by atoms with Gasteiger partial charge in [-0.2, -0.15) is 5.10 Å². The molecule has 1 saturated carbocycles. The van der Waals surface area contributed by atoms with E-state index in [4.69, 9.17) is 0 Å². The lowest BCUT2D eigenvalue weighted by Gasteiger charge is -2.43. The average Bonchev–Trinajstić information content (AvgIpc) is 3.77. The molecular formula is C28H30FN5O7S3. The Bertz CT molecular complexity index is 1650. The number of carboxylic acids is 2. The standard InChI is InChI=1S/C28H30FN5O7S3/c1-14(35)21-24(37)34-22(27(40)41)28(44-25(21)34)43-9-8-42-13-30-32-6-4-31(5-7-32)20-11-19-16(10-18(20)29)23(36)17(26(38)39)12-33(19)15-2-3-15/h10-15,21,25,35H,2-9H2,1H3,(H,38,39)(H,40,41)/t14-,21-,25-/m1/s1. The van der Waals surface area contributed by atoms with Gasteiger partial charge in [0.25, 0.3) is 0 Å². The van der Waals surface area contributed by atoms with Crippen molar-refractivity contribution in [1.82, 2.24) is 14.5 Å². The van der Waals surface area contributed by atoms with Crippen molar-refractivity contribution in [1.29, 1.82) is 0 Å². The number of carbonyl (C=O) groups excluding carboxylic acids is 1. The highest BCUT2D eigenvalue weighted by atomic mass is 32.2. The van der Waals surface area contributed by atoms with Crippen molar-refractivity contribution in [2.45, 2.75) is 37.3 Å². The van der Waals surface area contributed by atoms with Crippen LogP contribution in [-0.2, 0) is 9.59 Å². The summed E-state index contributed by atoms with van der Waals surface area (Å²) in [5, 5.41) is 35.0.